The van der Waals surface area contributed by atoms with Crippen LogP contribution in [0.5, 0.6) is 0 Å². The van der Waals surface area contributed by atoms with Crippen molar-refractivity contribution in [2.75, 3.05) is 5.32 Å². The van der Waals surface area contributed by atoms with E-state index in [1.165, 1.54) is 6.33 Å². The largest absolute Gasteiger partial charge is 0.328 e. The van der Waals surface area contributed by atoms with Crippen LogP contribution in [-0.2, 0) is 4.79 Å². The predicted octanol–water partition coefficient (Wildman–Crippen LogP) is 3.20. The Morgan fingerprint density at radius 3 is 2.82 bits per heavy atom. The summed E-state index contributed by atoms with van der Waals surface area (Å²) in [6.07, 6.45) is 2.95. The number of anilines is 1. The predicted molar refractivity (Wildman–Crippen MR) is 83.7 cm³/mol. The van der Waals surface area contributed by atoms with Crippen molar-refractivity contribution in [1.29, 1.82) is 0 Å². The number of allylic oxidation sites excluding steroid dienone is 2. The molecule has 2 unspecified atom stereocenters. The number of aromatic nitrogens is 3. The molecule has 0 amide bonds. The number of nitrogens with zero attached hydrogens (tertiary/aromatic N) is 3. The summed E-state index contributed by atoms with van der Waals surface area (Å²) >= 11 is 5.99. The highest BCUT2D eigenvalue weighted by atomic mass is 35.5. The summed E-state index contributed by atoms with van der Waals surface area (Å²) in [5.74, 6) is 1.21. The minimum atomic E-state index is -0.231. The van der Waals surface area contributed by atoms with Gasteiger partial charge in [-0.1, -0.05) is 30.7 Å². The van der Waals surface area contributed by atoms with Crippen molar-refractivity contribution >= 4 is 23.3 Å². The number of Topliss-reactive ketones (excluding diaryl/α,β-unsaturated/α-hetero) is 1. The van der Waals surface area contributed by atoms with Crippen LogP contribution in [0.2, 0.25) is 5.02 Å². The van der Waals surface area contributed by atoms with Crippen molar-refractivity contribution < 1.29 is 4.79 Å². The summed E-state index contributed by atoms with van der Waals surface area (Å²) in [5.41, 5.74) is 2.77. The number of fused-ring (bicyclic) bond motifs is 1. The van der Waals surface area contributed by atoms with E-state index in [2.05, 4.69) is 22.3 Å². The van der Waals surface area contributed by atoms with Crippen molar-refractivity contribution in [2.45, 2.75) is 25.8 Å². The van der Waals surface area contributed by atoms with E-state index in [1.54, 1.807) is 4.68 Å². The number of carbonyl (C=O) groups excluding carboxylic acids is 1. The van der Waals surface area contributed by atoms with Gasteiger partial charge in [-0.3, -0.25) is 4.79 Å². The molecule has 6 heteroatoms. The van der Waals surface area contributed by atoms with E-state index in [-0.39, 0.29) is 11.8 Å². The third-order valence-electron chi connectivity index (χ3n) is 4.25. The quantitative estimate of drug-likeness (QED) is 0.878. The van der Waals surface area contributed by atoms with E-state index >= 15 is 0 Å². The van der Waals surface area contributed by atoms with Crippen LogP contribution in [0.3, 0.4) is 0 Å². The lowest BCUT2D eigenvalue weighted by Crippen LogP contribution is -2.33. The third kappa shape index (κ3) is 2.04. The minimum Gasteiger partial charge on any atom is -0.328 e. The van der Waals surface area contributed by atoms with Crippen LogP contribution < -0.4 is 5.32 Å². The molecule has 0 saturated carbocycles. The second kappa shape index (κ2) is 4.95. The molecular formula is C16H15ClN4O. The maximum Gasteiger partial charge on any atom is 0.226 e. The minimum absolute atomic E-state index is 0.183. The summed E-state index contributed by atoms with van der Waals surface area (Å²) < 4.78 is 1.77. The first-order valence-corrected chi connectivity index (χ1v) is 7.69. The lowest BCUT2D eigenvalue weighted by Gasteiger charge is -2.34. The molecule has 1 aromatic heterocycles. The lowest BCUT2D eigenvalue weighted by atomic mass is 9.81. The van der Waals surface area contributed by atoms with Crippen molar-refractivity contribution in [3.63, 3.8) is 0 Å². The number of rotatable bonds is 1. The smallest absolute Gasteiger partial charge is 0.226 e. The zero-order valence-corrected chi connectivity index (χ0v) is 12.8. The first-order valence-electron chi connectivity index (χ1n) is 7.31. The molecule has 0 spiro atoms. The summed E-state index contributed by atoms with van der Waals surface area (Å²) in [6.45, 7) is 2.10. The van der Waals surface area contributed by atoms with Gasteiger partial charge in [0.05, 0.1) is 0 Å². The Morgan fingerprint density at radius 1 is 1.27 bits per heavy atom. The fourth-order valence-electron chi connectivity index (χ4n) is 3.30. The highest BCUT2D eigenvalue weighted by Crippen LogP contribution is 2.40. The molecule has 0 fully saturated rings. The molecular weight excluding hydrogens is 300 g/mol. The molecule has 1 aromatic carbocycles. The van der Waals surface area contributed by atoms with Gasteiger partial charge in [0.1, 0.15) is 12.4 Å². The molecule has 0 bridgehead atoms. The Bertz CT molecular complexity index is 778. The van der Waals surface area contributed by atoms with Crippen molar-refractivity contribution in [3.05, 3.63) is 52.4 Å². The first kappa shape index (κ1) is 13.5. The Hall–Kier alpha value is -2.14. The van der Waals surface area contributed by atoms with Crippen molar-refractivity contribution in [3.8, 4) is 0 Å². The Morgan fingerprint density at radius 2 is 2.05 bits per heavy atom. The van der Waals surface area contributed by atoms with Crippen LogP contribution in [0.15, 0.2) is 41.9 Å². The van der Waals surface area contributed by atoms with Crippen LogP contribution in [0.4, 0.5) is 5.95 Å². The molecule has 2 aromatic rings. The molecule has 5 nitrogen and oxygen atoms in total. The van der Waals surface area contributed by atoms with E-state index in [0.717, 1.165) is 23.3 Å². The fourth-order valence-corrected chi connectivity index (χ4v) is 3.43. The second-order valence-corrected chi connectivity index (χ2v) is 6.37. The summed E-state index contributed by atoms with van der Waals surface area (Å²) in [6, 6.07) is 7.34. The van der Waals surface area contributed by atoms with Gasteiger partial charge >= 0.3 is 0 Å². The van der Waals surface area contributed by atoms with E-state index < -0.39 is 0 Å². The highest BCUT2D eigenvalue weighted by molar-refractivity contribution is 6.30. The molecule has 1 aliphatic heterocycles. The monoisotopic (exact) mass is 314 g/mol. The SMILES string of the molecule is CC1CC(=O)C2=C(C1)Nc1ncnn1C2c1ccc(Cl)cc1. The number of carbonyl (C=O) groups is 1. The number of ketones is 1. The van der Waals surface area contributed by atoms with Crippen molar-refractivity contribution in [1.82, 2.24) is 14.8 Å². The highest BCUT2D eigenvalue weighted by Gasteiger charge is 2.37. The molecule has 1 aliphatic carbocycles. The average molecular weight is 315 g/mol. The number of benzene rings is 1. The Balaban J connectivity index is 1.89. The molecule has 112 valence electrons. The number of halogens is 1. The summed E-state index contributed by atoms with van der Waals surface area (Å²) in [4.78, 5) is 16.9. The van der Waals surface area contributed by atoms with Gasteiger partial charge in [0.2, 0.25) is 5.95 Å². The van der Waals surface area contributed by atoms with Gasteiger partial charge in [-0.25, -0.2) is 4.68 Å². The third-order valence-corrected chi connectivity index (χ3v) is 4.50. The maximum atomic E-state index is 12.6. The van der Waals surface area contributed by atoms with Crippen LogP contribution in [0.1, 0.15) is 31.4 Å². The van der Waals surface area contributed by atoms with Crippen LogP contribution in [-0.4, -0.2) is 20.5 Å². The van der Waals surface area contributed by atoms with Crippen LogP contribution in [0, 0.1) is 5.92 Å². The molecule has 4 rings (SSSR count). The topological polar surface area (TPSA) is 59.8 Å². The lowest BCUT2D eigenvalue weighted by molar-refractivity contribution is -0.117. The van der Waals surface area contributed by atoms with E-state index in [0.29, 0.717) is 23.3 Å². The molecule has 0 saturated heterocycles. The molecule has 22 heavy (non-hydrogen) atoms. The van der Waals surface area contributed by atoms with Gasteiger partial charge in [-0.15, -0.1) is 0 Å². The Kier molecular flexibility index (Phi) is 3.04. The van der Waals surface area contributed by atoms with E-state index in [4.69, 9.17) is 11.6 Å². The van der Waals surface area contributed by atoms with Crippen LogP contribution >= 0.6 is 11.6 Å². The normalized spacial score (nSPS) is 23.8. The zero-order valence-electron chi connectivity index (χ0n) is 12.1. The fraction of sp³-hybridized carbons (Fsp3) is 0.312. The van der Waals surface area contributed by atoms with Gasteiger partial charge in [0, 0.05) is 22.7 Å². The second-order valence-electron chi connectivity index (χ2n) is 5.94. The number of hydrogen-bond donors (Lipinski definition) is 1. The standard InChI is InChI=1S/C16H15ClN4O/c1-9-6-12-14(13(22)7-9)15(10-2-4-11(17)5-3-10)21-16(20-12)18-8-19-21/h2-5,8-9,15H,6-7H2,1H3,(H,18,19,20). The average Bonchev–Trinajstić information content (AvgIpc) is 2.93. The molecule has 1 N–H and O–H groups in total. The van der Waals surface area contributed by atoms with Gasteiger partial charge in [-0.05, 0) is 30.0 Å². The van der Waals surface area contributed by atoms with E-state index in [9.17, 15) is 4.79 Å². The van der Waals surface area contributed by atoms with Gasteiger partial charge in [0.15, 0.2) is 5.78 Å². The van der Waals surface area contributed by atoms with Gasteiger partial charge in [0.25, 0.3) is 0 Å². The van der Waals surface area contributed by atoms with E-state index in [1.807, 2.05) is 24.3 Å². The summed E-state index contributed by atoms with van der Waals surface area (Å²) in [5, 5.41) is 8.25. The molecule has 2 heterocycles. The molecule has 0 radical (unpaired) electrons. The molecule has 2 aliphatic rings. The van der Waals surface area contributed by atoms with Crippen LogP contribution in [0.25, 0.3) is 0 Å². The number of hydrogen-bond acceptors (Lipinski definition) is 4. The zero-order chi connectivity index (χ0) is 15.3. The van der Waals surface area contributed by atoms with Crippen molar-refractivity contribution in [2.24, 2.45) is 5.92 Å². The summed E-state index contributed by atoms with van der Waals surface area (Å²) in [7, 11) is 0. The van der Waals surface area contributed by atoms with Gasteiger partial charge in [-0.2, -0.15) is 10.1 Å². The first-order chi connectivity index (χ1) is 10.6. The molecule has 2 atom stereocenters. The Labute approximate surface area is 133 Å². The maximum absolute atomic E-state index is 12.6. The van der Waals surface area contributed by atoms with Gasteiger partial charge < -0.3 is 5.32 Å². The number of nitrogens with one attached hydrogen (secondary N) is 1.